The van der Waals surface area contributed by atoms with Crippen molar-refractivity contribution in [2.45, 2.75) is 19.8 Å². The first-order valence-electron chi connectivity index (χ1n) is 8.83. The molecule has 0 radical (unpaired) electrons. The van der Waals surface area contributed by atoms with Gasteiger partial charge in [0.1, 0.15) is 0 Å². The molecule has 2 aromatic heterocycles. The summed E-state index contributed by atoms with van der Waals surface area (Å²) in [6, 6.07) is 19.1. The van der Waals surface area contributed by atoms with E-state index in [2.05, 4.69) is 82.3 Å². The lowest BCUT2D eigenvalue weighted by molar-refractivity contribution is 0.905. The van der Waals surface area contributed by atoms with Gasteiger partial charge in [-0.2, -0.15) is 0 Å². The van der Waals surface area contributed by atoms with Crippen LogP contribution in [0.3, 0.4) is 0 Å². The number of hydrogen-bond acceptors (Lipinski definition) is 3. The summed E-state index contributed by atoms with van der Waals surface area (Å²) in [6.45, 7) is 2.12. The number of nitrogens with zero attached hydrogens (tertiary/aromatic N) is 3. The molecule has 26 heavy (non-hydrogen) atoms. The fourth-order valence-corrected chi connectivity index (χ4v) is 3.37. The van der Waals surface area contributed by atoms with E-state index >= 15 is 0 Å². The molecule has 0 saturated carbocycles. The molecule has 130 valence electrons. The first kappa shape index (κ1) is 16.3. The van der Waals surface area contributed by atoms with Crippen molar-refractivity contribution < 1.29 is 0 Å². The highest BCUT2D eigenvalue weighted by Gasteiger charge is 2.08. The van der Waals surface area contributed by atoms with Gasteiger partial charge in [-0.3, -0.25) is 0 Å². The van der Waals surface area contributed by atoms with Gasteiger partial charge in [-0.05, 0) is 49.6 Å². The number of hydrogen-bond donors (Lipinski definition) is 1. The van der Waals surface area contributed by atoms with Crippen molar-refractivity contribution in [1.29, 1.82) is 0 Å². The third kappa shape index (κ3) is 3.31. The maximum atomic E-state index is 5.98. The van der Waals surface area contributed by atoms with Crippen LogP contribution in [0.5, 0.6) is 0 Å². The number of benzene rings is 2. The number of nitrogen functional groups attached to an aromatic ring is 1. The summed E-state index contributed by atoms with van der Waals surface area (Å²) in [6.07, 6.45) is 3.85. The molecule has 0 saturated heterocycles. The fraction of sp³-hybridized carbons (Fsp3) is 0.182. The highest BCUT2D eigenvalue weighted by atomic mass is 15.0. The summed E-state index contributed by atoms with van der Waals surface area (Å²) in [5, 5.41) is 1.20. The van der Waals surface area contributed by atoms with Crippen LogP contribution in [-0.4, -0.2) is 14.5 Å². The molecule has 0 unspecified atom stereocenters. The van der Waals surface area contributed by atoms with Gasteiger partial charge >= 0.3 is 0 Å². The number of aromatic nitrogens is 3. The molecule has 4 aromatic rings. The number of aryl methyl sites for hydroxylation is 4. The summed E-state index contributed by atoms with van der Waals surface area (Å²) in [4.78, 5) is 8.87. The Labute approximate surface area is 153 Å². The molecular formula is C22H22N4. The Kier molecular flexibility index (Phi) is 4.17. The molecule has 0 spiro atoms. The number of rotatable bonds is 4. The predicted molar refractivity (Wildman–Crippen MR) is 107 cm³/mol. The third-order valence-electron chi connectivity index (χ3n) is 4.73. The maximum Gasteiger partial charge on any atom is 0.220 e. The smallest absolute Gasteiger partial charge is 0.220 e. The van der Waals surface area contributed by atoms with Gasteiger partial charge in [0.15, 0.2) is 0 Å². The van der Waals surface area contributed by atoms with Gasteiger partial charge in [0, 0.05) is 35.4 Å². The second-order valence-electron chi connectivity index (χ2n) is 6.79. The molecule has 2 heterocycles. The van der Waals surface area contributed by atoms with E-state index < -0.39 is 0 Å². The van der Waals surface area contributed by atoms with E-state index in [4.69, 9.17) is 5.73 Å². The average Bonchev–Trinajstić information content (AvgIpc) is 3.00. The van der Waals surface area contributed by atoms with E-state index in [0.717, 1.165) is 29.8 Å². The average molecular weight is 342 g/mol. The zero-order valence-corrected chi connectivity index (χ0v) is 15.1. The largest absolute Gasteiger partial charge is 0.368 e. The Morgan fingerprint density at radius 1 is 0.962 bits per heavy atom. The minimum absolute atomic E-state index is 0.329. The maximum absolute atomic E-state index is 5.98. The van der Waals surface area contributed by atoms with Crippen molar-refractivity contribution in [2.75, 3.05) is 5.73 Å². The minimum Gasteiger partial charge on any atom is -0.368 e. The quantitative estimate of drug-likeness (QED) is 0.601. The van der Waals surface area contributed by atoms with Gasteiger partial charge in [0.05, 0.1) is 5.69 Å². The van der Waals surface area contributed by atoms with Gasteiger partial charge in [-0.1, -0.05) is 35.9 Å². The van der Waals surface area contributed by atoms with Crippen LogP contribution in [0.4, 0.5) is 5.95 Å². The second-order valence-corrected chi connectivity index (χ2v) is 6.79. The predicted octanol–water partition coefficient (Wildman–Crippen LogP) is 4.31. The minimum atomic E-state index is 0.329. The van der Waals surface area contributed by atoms with Gasteiger partial charge in [-0.15, -0.1) is 0 Å². The van der Waals surface area contributed by atoms with Gasteiger partial charge in [-0.25, -0.2) is 9.97 Å². The van der Waals surface area contributed by atoms with Crippen LogP contribution in [0.1, 0.15) is 16.8 Å². The monoisotopic (exact) mass is 342 g/mol. The number of nitrogens with two attached hydrogens (primary N) is 1. The van der Waals surface area contributed by atoms with Gasteiger partial charge < -0.3 is 10.3 Å². The standard InChI is InChI=1S/C22H22N4/c1-15-4-3-5-16(12-15)6-8-19-14-20(25-22(23)24-19)17-7-9-21-18(13-17)10-11-26(21)2/h3-5,7,9-14H,6,8H2,1-2H3,(H2,23,24,25). The molecule has 0 bridgehead atoms. The molecule has 4 heteroatoms. The lowest BCUT2D eigenvalue weighted by Gasteiger charge is -2.07. The normalized spacial score (nSPS) is 11.2. The molecule has 0 fully saturated rings. The summed E-state index contributed by atoms with van der Waals surface area (Å²) >= 11 is 0. The van der Waals surface area contributed by atoms with Crippen LogP contribution >= 0.6 is 0 Å². The molecule has 0 amide bonds. The van der Waals surface area contributed by atoms with Crippen molar-refractivity contribution in [2.24, 2.45) is 7.05 Å². The SMILES string of the molecule is Cc1cccc(CCc2cc(-c3ccc4c(ccn4C)c3)nc(N)n2)c1. The van der Waals surface area contributed by atoms with E-state index in [1.165, 1.54) is 22.0 Å². The van der Waals surface area contributed by atoms with Crippen LogP contribution in [0.15, 0.2) is 60.8 Å². The first-order chi connectivity index (χ1) is 12.6. The summed E-state index contributed by atoms with van der Waals surface area (Å²) in [5.74, 6) is 0.329. The highest BCUT2D eigenvalue weighted by molar-refractivity contribution is 5.85. The van der Waals surface area contributed by atoms with Crippen LogP contribution in [0.25, 0.3) is 22.2 Å². The Bertz CT molecular complexity index is 1080. The summed E-state index contributed by atoms with van der Waals surface area (Å²) in [5.41, 5.74) is 12.7. The topological polar surface area (TPSA) is 56.7 Å². The molecule has 0 aliphatic carbocycles. The second kappa shape index (κ2) is 6.64. The molecule has 4 rings (SSSR count). The molecule has 0 aliphatic rings. The van der Waals surface area contributed by atoms with E-state index in [1.54, 1.807) is 0 Å². The summed E-state index contributed by atoms with van der Waals surface area (Å²) < 4.78 is 2.11. The molecule has 2 aromatic carbocycles. The van der Waals surface area contributed by atoms with Crippen molar-refractivity contribution in [3.63, 3.8) is 0 Å². The van der Waals surface area contributed by atoms with Gasteiger partial charge in [0.2, 0.25) is 5.95 Å². The molecule has 0 atom stereocenters. The highest BCUT2D eigenvalue weighted by Crippen LogP contribution is 2.25. The fourth-order valence-electron chi connectivity index (χ4n) is 3.37. The van der Waals surface area contributed by atoms with E-state index in [1.807, 2.05) is 7.05 Å². The van der Waals surface area contributed by atoms with Crippen LogP contribution < -0.4 is 5.73 Å². The third-order valence-corrected chi connectivity index (χ3v) is 4.73. The van der Waals surface area contributed by atoms with Crippen molar-refractivity contribution in [3.05, 3.63) is 77.6 Å². The van der Waals surface area contributed by atoms with Gasteiger partial charge in [0.25, 0.3) is 0 Å². The lowest BCUT2D eigenvalue weighted by atomic mass is 10.0. The zero-order chi connectivity index (χ0) is 18.1. The Morgan fingerprint density at radius 2 is 1.85 bits per heavy atom. The molecule has 4 nitrogen and oxygen atoms in total. The van der Waals surface area contributed by atoms with Crippen molar-refractivity contribution >= 4 is 16.9 Å². The Morgan fingerprint density at radius 3 is 2.69 bits per heavy atom. The first-order valence-corrected chi connectivity index (χ1v) is 8.83. The lowest BCUT2D eigenvalue weighted by Crippen LogP contribution is -2.02. The van der Waals surface area contributed by atoms with E-state index in [-0.39, 0.29) is 0 Å². The van der Waals surface area contributed by atoms with Crippen molar-refractivity contribution in [3.8, 4) is 11.3 Å². The molecule has 0 aliphatic heterocycles. The summed E-state index contributed by atoms with van der Waals surface area (Å²) in [7, 11) is 2.05. The number of anilines is 1. The van der Waals surface area contributed by atoms with Crippen LogP contribution in [0, 0.1) is 6.92 Å². The molecule has 2 N–H and O–H groups in total. The van der Waals surface area contributed by atoms with Crippen LogP contribution in [-0.2, 0) is 19.9 Å². The number of fused-ring (bicyclic) bond motifs is 1. The Balaban J connectivity index is 1.62. The van der Waals surface area contributed by atoms with E-state index in [9.17, 15) is 0 Å². The Hall–Kier alpha value is -3.14. The van der Waals surface area contributed by atoms with E-state index in [0.29, 0.717) is 5.95 Å². The van der Waals surface area contributed by atoms with Crippen LogP contribution in [0.2, 0.25) is 0 Å². The zero-order valence-electron chi connectivity index (χ0n) is 15.1. The van der Waals surface area contributed by atoms with Crippen molar-refractivity contribution in [1.82, 2.24) is 14.5 Å². The molecular weight excluding hydrogens is 320 g/mol.